The molecule has 0 atom stereocenters. The van der Waals surface area contributed by atoms with Crippen LogP contribution in [0.2, 0.25) is 0 Å². The summed E-state index contributed by atoms with van der Waals surface area (Å²) in [6.07, 6.45) is 1.99. The molecular weight excluding hydrogens is 200 g/mol. The van der Waals surface area contributed by atoms with Crippen LogP contribution >= 0.6 is 0 Å². The van der Waals surface area contributed by atoms with Gasteiger partial charge in [0.1, 0.15) is 5.82 Å². The summed E-state index contributed by atoms with van der Waals surface area (Å²) in [6.45, 7) is 0. The van der Waals surface area contributed by atoms with Crippen LogP contribution < -0.4 is 5.73 Å². The van der Waals surface area contributed by atoms with Gasteiger partial charge in [0.05, 0.1) is 5.69 Å². The minimum absolute atomic E-state index is 0.544. The van der Waals surface area contributed by atoms with Crippen LogP contribution in [-0.4, -0.2) is 14.8 Å². The van der Waals surface area contributed by atoms with E-state index in [0.717, 1.165) is 16.8 Å². The summed E-state index contributed by atoms with van der Waals surface area (Å²) in [4.78, 5) is 3.24. The van der Waals surface area contributed by atoms with Crippen molar-refractivity contribution in [3.8, 4) is 11.3 Å². The Morgan fingerprint density at radius 2 is 2.12 bits per heavy atom. The molecule has 0 amide bonds. The minimum Gasteiger partial charge on any atom is -0.382 e. The van der Waals surface area contributed by atoms with E-state index in [9.17, 15) is 0 Å². The number of hydrogen-bond acceptors (Lipinski definition) is 2. The topological polar surface area (TPSA) is 59.6 Å². The van der Waals surface area contributed by atoms with Gasteiger partial charge in [-0.15, -0.1) is 0 Å². The SMILES string of the molecule is Cn1nc(N)cc1-c1c[nH]c2ccccc12. The molecule has 3 N–H and O–H groups in total. The highest BCUT2D eigenvalue weighted by molar-refractivity contribution is 5.94. The molecule has 3 aromatic rings. The minimum atomic E-state index is 0.544. The van der Waals surface area contributed by atoms with Crippen molar-refractivity contribution >= 4 is 16.7 Å². The summed E-state index contributed by atoms with van der Waals surface area (Å²) in [7, 11) is 1.90. The van der Waals surface area contributed by atoms with Gasteiger partial charge in [-0.1, -0.05) is 18.2 Å². The standard InChI is InChI=1S/C12H12N4/c1-16-11(6-12(13)15-16)9-7-14-10-5-3-2-4-8(9)10/h2-7,14H,1H3,(H2,13,15). The van der Waals surface area contributed by atoms with Crippen LogP contribution in [0.15, 0.2) is 36.5 Å². The van der Waals surface area contributed by atoms with Crippen LogP contribution in [0.1, 0.15) is 0 Å². The first kappa shape index (κ1) is 9.03. The molecule has 0 aliphatic carbocycles. The Labute approximate surface area is 92.7 Å². The normalized spacial score (nSPS) is 11.1. The Hall–Kier alpha value is -2.23. The van der Waals surface area contributed by atoms with Crippen LogP contribution in [0.4, 0.5) is 5.82 Å². The van der Waals surface area contributed by atoms with Crippen molar-refractivity contribution in [2.45, 2.75) is 0 Å². The number of aromatic amines is 1. The highest BCUT2D eigenvalue weighted by Gasteiger charge is 2.10. The molecule has 2 aromatic heterocycles. The Kier molecular flexibility index (Phi) is 1.77. The molecule has 0 aliphatic heterocycles. The smallest absolute Gasteiger partial charge is 0.146 e. The van der Waals surface area contributed by atoms with Crippen molar-refractivity contribution < 1.29 is 0 Å². The van der Waals surface area contributed by atoms with Crippen LogP contribution in [0.25, 0.3) is 22.2 Å². The molecule has 1 aromatic carbocycles. The fourth-order valence-electron chi connectivity index (χ4n) is 2.02. The van der Waals surface area contributed by atoms with Gasteiger partial charge in [0.15, 0.2) is 0 Å². The van der Waals surface area contributed by atoms with E-state index in [0.29, 0.717) is 5.82 Å². The Bertz CT molecular complexity index is 648. The molecule has 4 nitrogen and oxygen atoms in total. The molecule has 2 heterocycles. The molecule has 4 heteroatoms. The molecule has 16 heavy (non-hydrogen) atoms. The molecule has 0 saturated heterocycles. The lowest BCUT2D eigenvalue weighted by Crippen LogP contribution is -1.94. The number of H-pyrrole nitrogens is 1. The lowest BCUT2D eigenvalue weighted by molar-refractivity contribution is 0.781. The highest BCUT2D eigenvalue weighted by Crippen LogP contribution is 2.28. The van der Waals surface area contributed by atoms with E-state index in [2.05, 4.69) is 22.2 Å². The van der Waals surface area contributed by atoms with Gasteiger partial charge in [0.2, 0.25) is 0 Å². The van der Waals surface area contributed by atoms with Crippen LogP contribution in [-0.2, 0) is 7.05 Å². The third kappa shape index (κ3) is 1.20. The van der Waals surface area contributed by atoms with E-state index in [1.165, 1.54) is 5.39 Å². The first-order chi connectivity index (χ1) is 7.75. The Balaban J connectivity index is 2.30. The first-order valence-corrected chi connectivity index (χ1v) is 5.12. The summed E-state index contributed by atoms with van der Waals surface area (Å²) in [5.74, 6) is 0.544. The van der Waals surface area contributed by atoms with Crippen LogP contribution in [0.5, 0.6) is 0 Å². The molecule has 0 spiro atoms. The van der Waals surface area contributed by atoms with Gasteiger partial charge in [0, 0.05) is 35.8 Å². The average molecular weight is 212 g/mol. The number of nitrogen functional groups attached to an aromatic ring is 1. The monoisotopic (exact) mass is 212 g/mol. The van der Waals surface area contributed by atoms with Crippen molar-refractivity contribution in [3.05, 3.63) is 36.5 Å². The second kappa shape index (κ2) is 3.13. The number of nitrogens with one attached hydrogen (secondary N) is 1. The number of anilines is 1. The maximum Gasteiger partial charge on any atom is 0.146 e. The number of fused-ring (bicyclic) bond motifs is 1. The number of nitrogens with zero attached hydrogens (tertiary/aromatic N) is 2. The predicted octanol–water partition coefficient (Wildman–Crippen LogP) is 2.15. The summed E-state index contributed by atoms with van der Waals surface area (Å²) < 4.78 is 1.80. The Morgan fingerprint density at radius 3 is 2.88 bits per heavy atom. The van der Waals surface area contributed by atoms with Crippen LogP contribution in [0.3, 0.4) is 0 Å². The van der Waals surface area contributed by atoms with Gasteiger partial charge in [-0.3, -0.25) is 4.68 Å². The summed E-state index contributed by atoms with van der Waals surface area (Å²) in [5.41, 5.74) is 8.96. The molecule has 0 bridgehead atoms. The zero-order valence-corrected chi connectivity index (χ0v) is 8.94. The molecule has 3 rings (SSSR count). The van der Waals surface area contributed by atoms with Crippen molar-refractivity contribution in [2.24, 2.45) is 7.05 Å². The van der Waals surface area contributed by atoms with Crippen molar-refractivity contribution in [3.63, 3.8) is 0 Å². The summed E-state index contributed by atoms with van der Waals surface area (Å²) in [6, 6.07) is 10.1. The molecule has 0 saturated carbocycles. The zero-order valence-electron chi connectivity index (χ0n) is 8.94. The van der Waals surface area contributed by atoms with Gasteiger partial charge in [0.25, 0.3) is 0 Å². The highest BCUT2D eigenvalue weighted by atomic mass is 15.3. The lowest BCUT2D eigenvalue weighted by Gasteiger charge is -1.98. The first-order valence-electron chi connectivity index (χ1n) is 5.12. The van der Waals surface area contributed by atoms with Crippen molar-refractivity contribution in [1.29, 1.82) is 0 Å². The van der Waals surface area contributed by atoms with E-state index in [1.807, 2.05) is 31.4 Å². The van der Waals surface area contributed by atoms with Gasteiger partial charge in [-0.2, -0.15) is 5.10 Å². The Morgan fingerprint density at radius 1 is 1.31 bits per heavy atom. The molecule has 0 radical (unpaired) electrons. The molecular formula is C12H12N4. The van der Waals surface area contributed by atoms with E-state index in [1.54, 1.807) is 4.68 Å². The summed E-state index contributed by atoms with van der Waals surface area (Å²) >= 11 is 0. The molecule has 0 aliphatic rings. The predicted molar refractivity (Wildman–Crippen MR) is 64.9 cm³/mol. The second-order valence-corrected chi connectivity index (χ2v) is 3.83. The van der Waals surface area contributed by atoms with Crippen LogP contribution in [0, 0.1) is 0 Å². The van der Waals surface area contributed by atoms with Gasteiger partial charge >= 0.3 is 0 Å². The zero-order chi connectivity index (χ0) is 11.1. The largest absolute Gasteiger partial charge is 0.382 e. The van der Waals surface area contributed by atoms with E-state index < -0.39 is 0 Å². The molecule has 0 fully saturated rings. The molecule has 0 unspecified atom stereocenters. The van der Waals surface area contributed by atoms with Gasteiger partial charge in [-0.25, -0.2) is 0 Å². The maximum atomic E-state index is 5.69. The fraction of sp³-hybridized carbons (Fsp3) is 0.0833. The lowest BCUT2D eigenvalue weighted by atomic mass is 10.1. The average Bonchev–Trinajstić information content (AvgIpc) is 2.81. The molecule has 80 valence electrons. The van der Waals surface area contributed by atoms with Gasteiger partial charge in [-0.05, 0) is 6.07 Å². The number of aromatic nitrogens is 3. The van der Waals surface area contributed by atoms with Crippen molar-refractivity contribution in [1.82, 2.24) is 14.8 Å². The summed E-state index contributed by atoms with van der Waals surface area (Å²) in [5, 5.41) is 5.34. The number of aryl methyl sites for hydroxylation is 1. The van der Waals surface area contributed by atoms with Gasteiger partial charge < -0.3 is 10.7 Å². The maximum absolute atomic E-state index is 5.69. The number of benzene rings is 1. The third-order valence-electron chi connectivity index (χ3n) is 2.76. The number of nitrogens with two attached hydrogens (primary N) is 1. The second-order valence-electron chi connectivity index (χ2n) is 3.83. The quantitative estimate of drug-likeness (QED) is 0.649. The number of rotatable bonds is 1. The number of para-hydroxylation sites is 1. The van der Waals surface area contributed by atoms with E-state index in [4.69, 9.17) is 5.73 Å². The fourth-order valence-corrected chi connectivity index (χ4v) is 2.02. The van der Waals surface area contributed by atoms with E-state index >= 15 is 0 Å². The third-order valence-corrected chi connectivity index (χ3v) is 2.76. The van der Waals surface area contributed by atoms with E-state index in [-0.39, 0.29) is 0 Å². The number of hydrogen-bond donors (Lipinski definition) is 2. The van der Waals surface area contributed by atoms with Crippen molar-refractivity contribution in [2.75, 3.05) is 5.73 Å².